The van der Waals surface area contributed by atoms with E-state index in [9.17, 15) is 9.50 Å². The minimum Gasteiger partial charge on any atom is -0.504 e. The van der Waals surface area contributed by atoms with Gasteiger partial charge in [-0.1, -0.05) is 12.1 Å². The maximum absolute atomic E-state index is 13.4. The first kappa shape index (κ1) is 10.9. The third-order valence-electron chi connectivity index (χ3n) is 1.85. The fourth-order valence-electron chi connectivity index (χ4n) is 1.12. The van der Waals surface area contributed by atoms with E-state index in [4.69, 9.17) is 4.74 Å². The van der Waals surface area contributed by atoms with Crippen molar-refractivity contribution in [2.24, 2.45) is 0 Å². The summed E-state index contributed by atoms with van der Waals surface area (Å²) >= 11 is 3.09. The summed E-state index contributed by atoms with van der Waals surface area (Å²) in [6, 6.07) is 7.53. The van der Waals surface area contributed by atoms with E-state index in [1.807, 2.05) is 0 Å². The van der Waals surface area contributed by atoms with Gasteiger partial charge in [0.25, 0.3) is 5.88 Å². The second kappa shape index (κ2) is 4.49. The molecule has 0 spiro atoms. The van der Waals surface area contributed by atoms with Gasteiger partial charge < -0.3 is 9.84 Å². The maximum atomic E-state index is 13.4. The summed E-state index contributed by atoms with van der Waals surface area (Å²) in [7, 11) is 0. The van der Waals surface area contributed by atoms with Crippen molar-refractivity contribution in [3.8, 4) is 17.4 Å². The summed E-state index contributed by atoms with van der Waals surface area (Å²) < 4.78 is 19.0. The molecule has 1 heterocycles. The van der Waals surface area contributed by atoms with Crippen LogP contribution in [0.3, 0.4) is 0 Å². The van der Waals surface area contributed by atoms with Gasteiger partial charge in [0.15, 0.2) is 17.3 Å². The highest BCUT2D eigenvalue weighted by molar-refractivity contribution is 9.10. The summed E-state index contributed by atoms with van der Waals surface area (Å²) in [6.45, 7) is 0. The van der Waals surface area contributed by atoms with Crippen LogP contribution in [-0.4, -0.2) is 10.1 Å². The van der Waals surface area contributed by atoms with Crippen molar-refractivity contribution in [3.05, 3.63) is 46.8 Å². The normalized spacial score (nSPS) is 10.1. The molecule has 0 fully saturated rings. The van der Waals surface area contributed by atoms with E-state index in [2.05, 4.69) is 20.9 Å². The Hall–Kier alpha value is -1.62. The number of nitrogens with zero attached hydrogens (tertiary/aromatic N) is 1. The van der Waals surface area contributed by atoms with Crippen LogP contribution >= 0.6 is 15.9 Å². The van der Waals surface area contributed by atoms with Crippen LogP contribution in [0.25, 0.3) is 0 Å². The van der Waals surface area contributed by atoms with Gasteiger partial charge in [0.1, 0.15) is 0 Å². The Labute approximate surface area is 99.6 Å². The summed E-state index contributed by atoms with van der Waals surface area (Å²) in [5, 5.41) is 9.43. The van der Waals surface area contributed by atoms with Gasteiger partial charge in [-0.05, 0) is 34.1 Å². The van der Waals surface area contributed by atoms with Crippen molar-refractivity contribution in [1.29, 1.82) is 0 Å². The van der Waals surface area contributed by atoms with Crippen LogP contribution in [0.2, 0.25) is 0 Å². The second-order valence-corrected chi connectivity index (χ2v) is 3.93. The number of hydrogen-bond acceptors (Lipinski definition) is 3. The lowest BCUT2D eigenvalue weighted by Gasteiger charge is -2.06. The first-order valence-electron chi connectivity index (χ1n) is 4.44. The first-order chi connectivity index (χ1) is 7.66. The van der Waals surface area contributed by atoms with Crippen molar-refractivity contribution in [1.82, 2.24) is 4.98 Å². The molecule has 82 valence electrons. The third kappa shape index (κ3) is 2.30. The number of phenols is 1. The largest absolute Gasteiger partial charge is 0.504 e. The van der Waals surface area contributed by atoms with Crippen molar-refractivity contribution in [3.63, 3.8) is 0 Å². The van der Waals surface area contributed by atoms with Gasteiger partial charge in [-0.25, -0.2) is 9.37 Å². The molecule has 0 atom stereocenters. The molecule has 1 aromatic heterocycles. The summed E-state index contributed by atoms with van der Waals surface area (Å²) in [5.41, 5.74) is 0. The molecular weight excluding hydrogens is 277 g/mol. The molecule has 2 rings (SSSR count). The first-order valence-corrected chi connectivity index (χ1v) is 5.23. The number of para-hydroxylation sites is 2. The predicted octanol–water partition coefficient (Wildman–Crippen LogP) is 3.48. The topological polar surface area (TPSA) is 42.4 Å². The quantitative estimate of drug-likeness (QED) is 0.918. The fourth-order valence-corrected chi connectivity index (χ4v) is 1.43. The van der Waals surface area contributed by atoms with Crippen molar-refractivity contribution in [2.45, 2.75) is 0 Å². The average molecular weight is 284 g/mol. The van der Waals surface area contributed by atoms with Gasteiger partial charge in [0.05, 0.1) is 0 Å². The van der Waals surface area contributed by atoms with Gasteiger partial charge in [-0.15, -0.1) is 0 Å². The van der Waals surface area contributed by atoms with Gasteiger partial charge in [-0.3, -0.25) is 0 Å². The van der Waals surface area contributed by atoms with Crippen LogP contribution in [-0.2, 0) is 0 Å². The molecule has 1 aromatic carbocycles. The summed E-state index contributed by atoms with van der Waals surface area (Å²) in [4.78, 5) is 3.76. The highest BCUT2D eigenvalue weighted by Gasteiger charge is 2.09. The van der Waals surface area contributed by atoms with Gasteiger partial charge in [0, 0.05) is 10.7 Å². The summed E-state index contributed by atoms with van der Waals surface area (Å²) in [6.07, 6.45) is 1.42. The number of aromatic nitrogens is 1. The number of benzene rings is 1. The zero-order valence-electron chi connectivity index (χ0n) is 8.02. The van der Waals surface area contributed by atoms with Crippen molar-refractivity contribution in [2.75, 3.05) is 0 Å². The molecule has 0 radical (unpaired) electrons. The SMILES string of the molecule is Oc1ccccc1Oc1ncc(Br)cc1F. The Morgan fingerprint density at radius 1 is 1.31 bits per heavy atom. The number of aromatic hydroxyl groups is 1. The Morgan fingerprint density at radius 2 is 2.06 bits per heavy atom. The maximum Gasteiger partial charge on any atom is 0.256 e. The Balaban J connectivity index is 2.31. The van der Waals surface area contributed by atoms with Crippen molar-refractivity contribution < 1.29 is 14.2 Å². The van der Waals surface area contributed by atoms with Crippen LogP contribution in [0.4, 0.5) is 4.39 Å². The van der Waals surface area contributed by atoms with E-state index >= 15 is 0 Å². The third-order valence-corrected chi connectivity index (χ3v) is 2.28. The van der Waals surface area contributed by atoms with Crippen LogP contribution < -0.4 is 4.74 Å². The number of hydrogen-bond donors (Lipinski definition) is 1. The number of ether oxygens (including phenoxy) is 1. The number of halogens is 2. The zero-order chi connectivity index (χ0) is 11.5. The molecule has 0 saturated heterocycles. The molecule has 0 amide bonds. The minimum absolute atomic E-state index is 0.0633. The van der Waals surface area contributed by atoms with E-state index in [0.717, 1.165) is 0 Å². The molecule has 3 nitrogen and oxygen atoms in total. The Morgan fingerprint density at radius 3 is 2.75 bits per heavy atom. The average Bonchev–Trinajstić information content (AvgIpc) is 2.25. The fraction of sp³-hybridized carbons (Fsp3) is 0. The standard InChI is InChI=1S/C11H7BrFNO2/c12-7-5-8(13)11(14-6-7)16-10-4-2-1-3-9(10)15/h1-6,15H. The number of rotatable bonds is 2. The lowest BCUT2D eigenvalue weighted by Crippen LogP contribution is -1.92. The monoisotopic (exact) mass is 283 g/mol. The molecule has 2 aromatic rings. The van der Waals surface area contributed by atoms with E-state index in [0.29, 0.717) is 4.47 Å². The lowest BCUT2D eigenvalue weighted by atomic mass is 10.3. The van der Waals surface area contributed by atoms with Crippen LogP contribution in [0.1, 0.15) is 0 Å². The molecular formula is C11H7BrFNO2. The lowest BCUT2D eigenvalue weighted by molar-refractivity contribution is 0.384. The highest BCUT2D eigenvalue weighted by Crippen LogP contribution is 2.30. The van der Waals surface area contributed by atoms with Crippen LogP contribution in [0, 0.1) is 5.82 Å². The highest BCUT2D eigenvalue weighted by atomic mass is 79.9. The molecule has 5 heteroatoms. The molecule has 0 aliphatic carbocycles. The van der Waals surface area contributed by atoms with Crippen LogP contribution in [0.15, 0.2) is 41.0 Å². The van der Waals surface area contributed by atoms with E-state index in [1.54, 1.807) is 12.1 Å². The molecule has 0 aliphatic heterocycles. The molecule has 0 unspecified atom stereocenters. The van der Waals surface area contributed by atoms with E-state index < -0.39 is 5.82 Å². The van der Waals surface area contributed by atoms with E-state index in [1.165, 1.54) is 24.4 Å². The van der Waals surface area contributed by atoms with Gasteiger partial charge in [0.2, 0.25) is 0 Å². The smallest absolute Gasteiger partial charge is 0.256 e. The zero-order valence-corrected chi connectivity index (χ0v) is 9.61. The van der Waals surface area contributed by atoms with Gasteiger partial charge in [-0.2, -0.15) is 0 Å². The predicted molar refractivity (Wildman–Crippen MR) is 60.1 cm³/mol. The Bertz CT molecular complexity index is 519. The number of pyridine rings is 1. The Kier molecular flexibility index (Phi) is 3.05. The molecule has 0 bridgehead atoms. The molecule has 0 saturated carbocycles. The van der Waals surface area contributed by atoms with Crippen molar-refractivity contribution >= 4 is 15.9 Å². The molecule has 0 aliphatic rings. The summed E-state index contributed by atoms with van der Waals surface area (Å²) in [5.74, 6) is -0.676. The second-order valence-electron chi connectivity index (χ2n) is 3.01. The van der Waals surface area contributed by atoms with Gasteiger partial charge >= 0.3 is 0 Å². The van der Waals surface area contributed by atoms with E-state index in [-0.39, 0.29) is 17.4 Å². The van der Waals surface area contributed by atoms with Crippen LogP contribution in [0.5, 0.6) is 17.4 Å². The number of phenolic OH excluding ortho intramolecular Hbond substituents is 1. The molecule has 16 heavy (non-hydrogen) atoms. The minimum atomic E-state index is -0.599. The molecule has 1 N–H and O–H groups in total.